The number of halogens is 1. The van der Waals surface area contributed by atoms with E-state index in [0.29, 0.717) is 22.2 Å². The van der Waals surface area contributed by atoms with Gasteiger partial charge in [-0.2, -0.15) is 0 Å². The van der Waals surface area contributed by atoms with Crippen molar-refractivity contribution in [2.24, 2.45) is 0 Å². The molecular weight excluding hydrogens is 475 g/mol. The van der Waals surface area contributed by atoms with Crippen LogP contribution in [-0.2, 0) is 14.6 Å². The first-order valence-electron chi connectivity index (χ1n) is 10.2. The number of sulfone groups is 1. The van der Waals surface area contributed by atoms with Gasteiger partial charge in [0.2, 0.25) is 5.91 Å². The first-order valence-corrected chi connectivity index (χ1v) is 13.1. The SMILES string of the molecule is Cc1ccc(-n2c(SCC(=O)Nc3cccc(S(C)(=O)=O)c3)nnc2-c2ccccc2F)cc1. The van der Waals surface area contributed by atoms with Crippen LogP contribution in [0.5, 0.6) is 0 Å². The van der Waals surface area contributed by atoms with E-state index in [9.17, 15) is 17.6 Å². The lowest BCUT2D eigenvalue weighted by Gasteiger charge is -2.11. The fourth-order valence-electron chi connectivity index (χ4n) is 3.24. The number of anilines is 1. The van der Waals surface area contributed by atoms with E-state index < -0.39 is 15.7 Å². The van der Waals surface area contributed by atoms with Gasteiger partial charge in [0, 0.05) is 17.6 Å². The monoisotopic (exact) mass is 496 g/mol. The van der Waals surface area contributed by atoms with Crippen molar-refractivity contribution in [3.05, 3.63) is 84.2 Å². The molecule has 1 aromatic heterocycles. The lowest BCUT2D eigenvalue weighted by molar-refractivity contribution is -0.113. The van der Waals surface area contributed by atoms with Crippen LogP contribution in [-0.4, -0.2) is 41.1 Å². The number of rotatable bonds is 7. The zero-order valence-corrected chi connectivity index (χ0v) is 20.0. The molecular formula is C24H21FN4O3S2. The molecule has 4 aromatic rings. The van der Waals surface area contributed by atoms with Crippen molar-refractivity contribution in [2.75, 3.05) is 17.3 Å². The van der Waals surface area contributed by atoms with Gasteiger partial charge >= 0.3 is 0 Å². The Kier molecular flexibility index (Phi) is 6.80. The third-order valence-electron chi connectivity index (χ3n) is 4.92. The number of carbonyl (C=O) groups is 1. The molecule has 34 heavy (non-hydrogen) atoms. The number of nitrogens with zero attached hydrogens (tertiary/aromatic N) is 3. The van der Waals surface area contributed by atoms with Crippen molar-refractivity contribution in [3.8, 4) is 17.1 Å². The topological polar surface area (TPSA) is 94.0 Å². The summed E-state index contributed by atoms with van der Waals surface area (Å²) < 4.78 is 39.7. The summed E-state index contributed by atoms with van der Waals surface area (Å²) in [5.74, 6) is -0.458. The Morgan fingerprint density at radius 2 is 1.76 bits per heavy atom. The van der Waals surface area contributed by atoms with Gasteiger partial charge in [-0.25, -0.2) is 12.8 Å². The van der Waals surface area contributed by atoms with E-state index in [2.05, 4.69) is 15.5 Å². The second-order valence-corrected chi connectivity index (χ2v) is 10.6. The van der Waals surface area contributed by atoms with Gasteiger partial charge in [0.15, 0.2) is 20.8 Å². The van der Waals surface area contributed by atoms with Gasteiger partial charge < -0.3 is 5.32 Å². The Morgan fingerprint density at radius 3 is 2.47 bits per heavy atom. The molecule has 0 aliphatic rings. The van der Waals surface area contributed by atoms with Crippen LogP contribution in [0, 0.1) is 12.7 Å². The van der Waals surface area contributed by atoms with Gasteiger partial charge in [0.05, 0.1) is 16.2 Å². The van der Waals surface area contributed by atoms with Crippen LogP contribution in [0.25, 0.3) is 17.1 Å². The highest BCUT2D eigenvalue weighted by molar-refractivity contribution is 7.99. The Balaban J connectivity index is 1.59. The minimum atomic E-state index is -3.39. The molecule has 174 valence electrons. The van der Waals surface area contributed by atoms with Crippen LogP contribution < -0.4 is 5.32 Å². The van der Waals surface area contributed by atoms with Crippen LogP contribution in [0.2, 0.25) is 0 Å². The molecule has 0 radical (unpaired) electrons. The highest BCUT2D eigenvalue weighted by Crippen LogP contribution is 2.29. The predicted octanol–water partition coefficient (Wildman–Crippen LogP) is 4.52. The molecule has 0 aliphatic heterocycles. The summed E-state index contributed by atoms with van der Waals surface area (Å²) in [5.41, 5.74) is 2.47. The first-order chi connectivity index (χ1) is 16.2. The van der Waals surface area contributed by atoms with E-state index in [4.69, 9.17) is 0 Å². The van der Waals surface area contributed by atoms with Crippen molar-refractivity contribution in [1.82, 2.24) is 14.8 Å². The third kappa shape index (κ3) is 5.35. The smallest absolute Gasteiger partial charge is 0.234 e. The van der Waals surface area contributed by atoms with Crippen molar-refractivity contribution < 1.29 is 17.6 Å². The molecule has 0 fully saturated rings. The maximum absolute atomic E-state index is 14.5. The molecule has 10 heteroatoms. The number of carbonyl (C=O) groups excluding carboxylic acids is 1. The van der Waals surface area contributed by atoms with Crippen LogP contribution in [0.15, 0.2) is 82.8 Å². The number of aryl methyl sites for hydroxylation is 1. The van der Waals surface area contributed by atoms with Gasteiger partial charge in [0.1, 0.15) is 5.82 Å². The molecule has 0 aliphatic carbocycles. The number of amides is 1. The molecule has 0 atom stereocenters. The van der Waals surface area contributed by atoms with Crippen molar-refractivity contribution in [2.45, 2.75) is 17.0 Å². The average Bonchev–Trinajstić information content (AvgIpc) is 3.22. The van der Waals surface area contributed by atoms with Gasteiger partial charge in [-0.15, -0.1) is 10.2 Å². The van der Waals surface area contributed by atoms with Crippen LogP contribution in [0.3, 0.4) is 0 Å². The summed E-state index contributed by atoms with van der Waals surface area (Å²) in [6.45, 7) is 1.96. The number of hydrogen-bond acceptors (Lipinski definition) is 6. The fraction of sp³-hybridized carbons (Fsp3) is 0.125. The predicted molar refractivity (Wildman–Crippen MR) is 130 cm³/mol. The molecule has 1 amide bonds. The van der Waals surface area contributed by atoms with Crippen molar-refractivity contribution in [1.29, 1.82) is 0 Å². The lowest BCUT2D eigenvalue weighted by Crippen LogP contribution is -2.15. The number of thioether (sulfide) groups is 1. The molecule has 0 spiro atoms. The maximum Gasteiger partial charge on any atom is 0.234 e. The van der Waals surface area contributed by atoms with Crippen LogP contribution >= 0.6 is 11.8 Å². The highest BCUT2D eigenvalue weighted by Gasteiger charge is 2.19. The minimum Gasteiger partial charge on any atom is -0.325 e. The number of nitrogens with one attached hydrogen (secondary N) is 1. The van der Waals surface area contributed by atoms with E-state index in [-0.39, 0.29) is 16.6 Å². The second-order valence-electron chi connectivity index (χ2n) is 7.59. The Bertz CT molecular complexity index is 1450. The van der Waals surface area contributed by atoms with Gasteiger partial charge in [-0.3, -0.25) is 9.36 Å². The fourth-order valence-corrected chi connectivity index (χ4v) is 4.66. The van der Waals surface area contributed by atoms with E-state index in [1.54, 1.807) is 34.9 Å². The number of benzene rings is 3. The van der Waals surface area contributed by atoms with Crippen molar-refractivity contribution in [3.63, 3.8) is 0 Å². The number of hydrogen-bond donors (Lipinski definition) is 1. The molecule has 3 aromatic carbocycles. The summed E-state index contributed by atoms with van der Waals surface area (Å²) >= 11 is 1.14. The molecule has 0 unspecified atom stereocenters. The average molecular weight is 497 g/mol. The zero-order valence-electron chi connectivity index (χ0n) is 18.4. The molecule has 1 N–H and O–H groups in total. The third-order valence-corrected chi connectivity index (χ3v) is 6.96. The van der Waals surface area contributed by atoms with E-state index >= 15 is 0 Å². The van der Waals surface area contributed by atoms with E-state index in [1.807, 2.05) is 31.2 Å². The summed E-state index contributed by atoms with van der Waals surface area (Å²) in [4.78, 5) is 12.7. The van der Waals surface area contributed by atoms with Crippen LogP contribution in [0.1, 0.15) is 5.56 Å². The summed E-state index contributed by atoms with van der Waals surface area (Å²) in [7, 11) is -3.39. The summed E-state index contributed by atoms with van der Waals surface area (Å²) in [5, 5.41) is 11.5. The molecule has 0 saturated heterocycles. The molecule has 1 heterocycles. The van der Waals surface area contributed by atoms with E-state index in [1.165, 1.54) is 18.2 Å². The molecule has 0 saturated carbocycles. The molecule has 0 bridgehead atoms. The van der Waals surface area contributed by atoms with Gasteiger partial charge in [-0.05, 0) is 49.4 Å². The summed E-state index contributed by atoms with van der Waals surface area (Å²) in [6.07, 6.45) is 1.11. The Labute approximate surface area is 201 Å². The Hall–Kier alpha value is -3.50. The zero-order chi connectivity index (χ0) is 24.3. The van der Waals surface area contributed by atoms with E-state index in [0.717, 1.165) is 29.3 Å². The van der Waals surface area contributed by atoms with Crippen LogP contribution in [0.4, 0.5) is 10.1 Å². The largest absolute Gasteiger partial charge is 0.325 e. The normalized spacial score (nSPS) is 11.4. The number of aromatic nitrogens is 3. The quantitative estimate of drug-likeness (QED) is 0.378. The summed E-state index contributed by atoms with van der Waals surface area (Å²) in [6, 6.07) is 20.0. The highest BCUT2D eigenvalue weighted by atomic mass is 32.2. The standard InChI is InChI=1S/C24H21FN4O3S2/c1-16-10-12-18(13-11-16)29-23(20-8-3-4-9-21(20)25)27-28-24(29)33-15-22(30)26-17-6-5-7-19(14-17)34(2,31)32/h3-14H,15H2,1-2H3,(H,26,30). The minimum absolute atomic E-state index is 0.00955. The van der Waals surface area contributed by atoms with Gasteiger partial charge in [0.25, 0.3) is 0 Å². The Morgan fingerprint density at radius 1 is 1.03 bits per heavy atom. The van der Waals surface area contributed by atoms with Crippen molar-refractivity contribution >= 4 is 33.2 Å². The lowest BCUT2D eigenvalue weighted by atomic mass is 10.2. The maximum atomic E-state index is 14.5. The molecule has 7 nitrogen and oxygen atoms in total. The van der Waals surface area contributed by atoms with Gasteiger partial charge in [-0.1, -0.05) is 47.7 Å². The second kappa shape index (κ2) is 9.78. The molecule has 4 rings (SSSR count). The first kappa shape index (κ1) is 23.7.